The summed E-state index contributed by atoms with van der Waals surface area (Å²) < 4.78 is 1.97. The van der Waals surface area contributed by atoms with Crippen LogP contribution >= 0.6 is 0 Å². The highest BCUT2D eigenvalue weighted by Crippen LogP contribution is 2.32. The molecule has 2 aromatic carbocycles. The molecule has 0 aliphatic rings. The minimum absolute atomic E-state index is 0.00258. The number of anilines is 1. The average Bonchev–Trinajstić information content (AvgIpc) is 3.37. The number of aromatic nitrogens is 6. The number of hydrogen-bond donors (Lipinski definition) is 2. The molecule has 0 amide bonds. The maximum Gasteiger partial charge on any atom is 0.340 e. The van der Waals surface area contributed by atoms with Gasteiger partial charge < -0.3 is 11.5 Å². The van der Waals surface area contributed by atoms with Gasteiger partial charge in [0.05, 0.1) is 19.3 Å². The standard InChI is InChI=1S/C27H30N9/c1-19(28)22-12-6-8-20(16-22)9-7-15-36(2,26-30-14-13-24(29)34-26)27-33-23(21-10-4-3-5-11-21)17-25-31-18-32-35(25)27/h3-6,8,10-14,16-19H,7,9,15,28H2,1-2H3,(H2,29,30,34)/q+1/t19-,36?/m1/s1. The van der Waals surface area contributed by atoms with E-state index in [0.29, 0.717) is 29.9 Å². The molecule has 4 N–H and O–H groups in total. The van der Waals surface area contributed by atoms with Gasteiger partial charge in [-0.05, 0) is 30.5 Å². The van der Waals surface area contributed by atoms with Crippen LogP contribution in [0.25, 0.3) is 16.9 Å². The molecular formula is C27H30N9+. The zero-order valence-corrected chi connectivity index (χ0v) is 20.5. The summed E-state index contributed by atoms with van der Waals surface area (Å²) in [5.41, 5.74) is 17.1. The van der Waals surface area contributed by atoms with Crippen LogP contribution in [0.15, 0.2) is 79.3 Å². The number of benzene rings is 2. The van der Waals surface area contributed by atoms with Crippen LogP contribution in [-0.4, -0.2) is 43.1 Å². The molecule has 5 aromatic rings. The van der Waals surface area contributed by atoms with Gasteiger partial charge in [-0.15, -0.1) is 9.61 Å². The molecule has 36 heavy (non-hydrogen) atoms. The molecule has 0 bridgehead atoms. The van der Waals surface area contributed by atoms with Crippen molar-refractivity contribution in [1.29, 1.82) is 0 Å². The van der Waals surface area contributed by atoms with Crippen molar-refractivity contribution < 1.29 is 0 Å². The summed E-state index contributed by atoms with van der Waals surface area (Å²) in [7, 11) is 2.05. The van der Waals surface area contributed by atoms with Crippen molar-refractivity contribution in [2.24, 2.45) is 5.73 Å². The fraction of sp³-hybridized carbons (Fsp3) is 0.222. The van der Waals surface area contributed by atoms with E-state index < -0.39 is 0 Å². The lowest BCUT2D eigenvalue weighted by Crippen LogP contribution is -2.44. The lowest BCUT2D eigenvalue weighted by molar-refractivity contribution is 0.396. The SMILES string of the molecule is C[C@@H](N)c1cccc(CCC[N+](C)(c2nccc(N)n2)c2nc(-c3ccccc3)cc3ncnn23)c1. The number of rotatable bonds is 8. The maximum atomic E-state index is 6.10. The molecule has 0 saturated carbocycles. The lowest BCUT2D eigenvalue weighted by atomic mass is 10.0. The van der Waals surface area contributed by atoms with Crippen molar-refractivity contribution in [3.63, 3.8) is 0 Å². The van der Waals surface area contributed by atoms with Crippen LogP contribution in [0.5, 0.6) is 0 Å². The van der Waals surface area contributed by atoms with Crippen LogP contribution in [0, 0.1) is 0 Å². The van der Waals surface area contributed by atoms with E-state index in [1.807, 2.05) is 50.4 Å². The van der Waals surface area contributed by atoms with Gasteiger partial charge >= 0.3 is 11.9 Å². The van der Waals surface area contributed by atoms with Gasteiger partial charge in [0.25, 0.3) is 0 Å². The molecule has 9 nitrogen and oxygen atoms in total. The van der Waals surface area contributed by atoms with Crippen LogP contribution in [0.2, 0.25) is 0 Å². The third-order valence-corrected chi connectivity index (χ3v) is 6.41. The summed E-state index contributed by atoms with van der Waals surface area (Å²) >= 11 is 0. The first-order valence-corrected chi connectivity index (χ1v) is 12.0. The number of aryl methyl sites for hydroxylation is 1. The monoisotopic (exact) mass is 480 g/mol. The molecule has 3 aromatic heterocycles. The van der Waals surface area contributed by atoms with Crippen molar-refractivity contribution >= 4 is 23.4 Å². The van der Waals surface area contributed by atoms with Crippen molar-refractivity contribution in [2.45, 2.75) is 25.8 Å². The molecule has 0 saturated heterocycles. The Hall–Kier alpha value is -4.21. The van der Waals surface area contributed by atoms with E-state index in [2.05, 4.69) is 44.3 Å². The summed E-state index contributed by atoms with van der Waals surface area (Å²) in [6.07, 6.45) is 4.94. The predicted octanol–water partition coefficient (Wildman–Crippen LogP) is 4.08. The summed E-state index contributed by atoms with van der Waals surface area (Å²) in [5.74, 6) is 1.62. The van der Waals surface area contributed by atoms with Gasteiger partial charge in [-0.1, -0.05) is 54.6 Å². The molecule has 0 fully saturated rings. The first-order valence-electron chi connectivity index (χ1n) is 12.0. The van der Waals surface area contributed by atoms with Gasteiger partial charge in [-0.25, -0.2) is 4.98 Å². The van der Waals surface area contributed by atoms with Crippen LogP contribution in [0.4, 0.5) is 17.7 Å². The Balaban J connectivity index is 1.57. The summed E-state index contributed by atoms with van der Waals surface area (Å²) in [6, 6.07) is 22.1. The van der Waals surface area contributed by atoms with E-state index >= 15 is 0 Å². The number of nitrogen functional groups attached to an aromatic ring is 1. The minimum Gasteiger partial charge on any atom is -0.383 e. The number of hydrogen-bond acceptors (Lipinski definition) is 7. The smallest absolute Gasteiger partial charge is 0.340 e. The normalized spacial score (nSPS) is 14.0. The Labute approximate surface area is 210 Å². The zero-order chi connectivity index (χ0) is 25.1. The summed E-state index contributed by atoms with van der Waals surface area (Å²) in [6.45, 7) is 2.67. The van der Waals surface area contributed by atoms with Crippen LogP contribution in [0.1, 0.15) is 30.5 Å². The number of fused-ring (bicyclic) bond motifs is 1. The second kappa shape index (κ2) is 9.80. The zero-order valence-electron chi connectivity index (χ0n) is 20.5. The topological polar surface area (TPSA) is 121 Å². The Morgan fingerprint density at radius 1 is 0.972 bits per heavy atom. The van der Waals surface area contributed by atoms with Gasteiger partial charge in [-0.3, -0.25) is 0 Å². The highest BCUT2D eigenvalue weighted by atomic mass is 15.5. The fourth-order valence-electron chi connectivity index (χ4n) is 4.41. The van der Waals surface area contributed by atoms with E-state index in [1.54, 1.807) is 23.1 Å². The Kier molecular flexibility index (Phi) is 6.41. The third kappa shape index (κ3) is 4.66. The molecule has 2 atom stereocenters. The molecule has 1 unspecified atom stereocenters. The minimum atomic E-state index is -0.00258. The first kappa shape index (κ1) is 23.5. The largest absolute Gasteiger partial charge is 0.383 e. The second-order valence-electron chi connectivity index (χ2n) is 9.17. The third-order valence-electron chi connectivity index (χ3n) is 6.41. The van der Waals surface area contributed by atoms with Gasteiger partial charge in [0, 0.05) is 30.3 Å². The van der Waals surface area contributed by atoms with E-state index in [0.717, 1.165) is 29.7 Å². The van der Waals surface area contributed by atoms with Crippen LogP contribution < -0.4 is 16.0 Å². The fourth-order valence-corrected chi connectivity index (χ4v) is 4.41. The van der Waals surface area contributed by atoms with Crippen molar-refractivity contribution in [3.05, 3.63) is 90.4 Å². The molecule has 0 radical (unpaired) electrons. The molecule has 3 heterocycles. The maximum absolute atomic E-state index is 6.10. The highest BCUT2D eigenvalue weighted by Gasteiger charge is 2.37. The molecule has 0 aliphatic heterocycles. The van der Waals surface area contributed by atoms with Crippen molar-refractivity contribution in [1.82, 2.24) is 34.0 Å². The van der Waals surface area contributed by atoms with Gasteiger partial charge in [0.15, 0.2) is 5.65 Å². The van der Waals surface area contributed by atoms with E-state index in [1.165, 1.54) is 5.56 Å². The molecular weight excluding hydrogens is 450 g/mol. The van der Waals surface area contributed by atoms with Gasteiger partial charge in [0.2, 0.25) is 0 Å². The van der Waals surface area contributed by atoms with Gasteiger partial charge in [-0.2, -0.15) is 19.4 Å². The first-order chi connectivity index (χ1) is 17.4. The van der Waals surface area contributed by atoms with Crippen molar-refractivity contribution in [2.75, 3.05) is 19.3 Å². The quantitative estimate of drug-likeness (QED) is 0.321. The summed E-state index contributed by atoms with van der Waals surface area (Å²) in [4.78, 5) is 18.8. The number of nitrogens with two attached hydrogens (primary N) is 2. The average molecular weight is 481 g/mol. The van der Waals surface area contributed by atoms with E-state index in [9.17, 15) is 0 Å². The lowest BCUT2D eigenvalue weighted by Gasteiger charge is -2.29. The Morgan fingerprint density at radius 3 is 2.58 bits per heavy atom. The van der Waals surface area contributed by atoms with E-state index in [4.69, 9.17) is 16.5 Å². The molecule has 182 valence electrons. The Morgan fingerprint density at radius 2 is 1.81 bits per heavy atom. The second-order valence-corrected chi connectivity index (χ2v) is 9.17. The van der Waals surface area contributed by atoms with Crippen LogP contribution in [0.3, 0.4) is 0 Å². The molecule has 9 heteroatoms. The van der Waals surface area contributed by atoms with E-state index in [-0.39, 0.29) is 10.5 Å². The summed E-state index contributed by atoms with van der Waals surface area (Å²) in [5, 5.41) is 4.49. The Bertz CT molecular complexity index is 1480. The molecule has 0 aliphatic carbocycles. The highest BCUT2D eigenvalue weighted by molar-refractivity contribution is 5.66. The van der Waals surface area contributed by atoms with Crippen molar-refractivity contribution in [3.8, 4) is 11.3 Å². The number of quaternary nitrogens is 1. The molecule has 5 rings (SSSR count). The number of nitrogens with zero attached hydrogens (tertiary/aromatic N) is 7. The molecule has 0 spiro atoms. The van der Waals surface area contributed by atoms with Crippen LogP contribution in [-0.2, 0) is 6.42 Å². The predicted molar refractivity (Wildman–Crippen MR) is 142 cm³/mol. The van der Waals surface area contributed by atoms with Gasteiger partial charge in [0.1, 0.15) is 12.1 Å².